The molecule has 0 saturated carbocycles. The van der Waals surface area contributed by atoms with Crippen molar-refractivity contribution in [3.8, 4) is 0 Å². The third-order valence-corrected chi connectivity index (χ3v) is 5.03. The van der Waals surface area contributed by atoms with Crippen molar-refractivity contribution in [3.63, 3.8) is 0 Å². The maximum atomic E-state index is 12.5. The zero-order chi connectivity index (χ0) is 21.5. The molecule has 1 N–H and O–H groups in total. The van der Waals surface area contributed by atoms with Gasteiger partial charge in [-0.25, -0.2) is 5.43 Å². The number of hydrogen-bond acceptors (Lipinski definition) is 4. The minimum Gasteiger partial charge on any atom is -0.372 e. The summed E-state index contributed by atoms with van der Waals surface area (Å²) in [6, 6.07) is 17.7. The zero-order valence-electron chi connectivity index (χ0n) is 18.1. The second-order valence-corrected chi connectivity index (χ2v) is 7.25. The molecule has 6 nitrogen and oxygen atoms in total. The van der Waals surface area contributed by atoms with E-state index < -0.39 is 0 Å². The number of rotatable bonds is 8. The minimum absolute atomic E-state index is 0.235. The van der Waals surface area contributed by atoms with Gasteiger partial charge in [0.15, 0.2) is 0 Å². The number of amides is 1. The monoisotopic (exact) mass is 403 g/mol. The standard InChI is InChI=1S/C24H29N5O/c1-5-28(6-2)23-12-10-20(11-13-23)16-25-26-24(30)22-9-7-8-21(15-22)17-29-19(4)14-18(3)27-29/h7-16H,5-6,17H2,1-4H3,(H,26,30)/b25-16-. The van der Waals surface area contributed by atoms with Crippen LogP contribution in [0, 0.1) is 13.8 Å². The highest BCUT2D eigenvalue weighted by molar-refractivity contribution is 5.95. The summed E-state index contributed by atoms with van der Waals surface area (Å²) in [6.45, 7) is 10.9. The average Bonchev–Trinajstić information content (AvgIpc) is 3.06. The molecule has 0 aliphatic heterocycles. The summed E-state index contributed by atoms with van der Waals surface area (Å²) in [5.74, 6) is -0.235. The molecule has 0 atom stereocenters. The first-order valence-corrected chi connectivity index (χ1v) is 10.3. The summed E-state index contributed by atoms with van der Waals surface area (Å²) in [6.07, 6.45) is 1.66. The summed E-state index contributed by atoms with van der Waals surface area (Å²) in [5.41, 5.74) is 8.40. The van der Waals surface area contributed by atoms with E-state index in [9.17, 15) is 4.79 Å². The van der Waals surface area contributed by atoms with Crippen molar-refractivity contribution >= 4 is 17.8 Å². The first-order chi connectivity index (χ1) is 14.5. The Morgan fingerprint density at radius 2 is 1.83 bits per heavy atom. The van der Waals surface area contributed by atoms with E-state index in [1.54, 1.807) is 12.3 Å². The number of anilines is 1. The molecule has 0 aliphatic carbocycles. The molecule has 0 aliphatic rings. The zero-order valence-corrected chi connectivity index (χ0v) is 18.1. The molecular weight excluding hydrogens is 374 g/mol. The van der Waals surface area contributed by atoms with Gasteiger partial charge in [0.05, 0.1) is 18.5 Å². The van der Waals surface area contributed by atoms with Crippen LogP contribution < -0.4 is 10.3 Å². The van der Waals surface area contributed by atoms with E-state index in [-0.39, 0.29) is 5.91 Å². The number of hydrazone groups is 1. The van der Waals surface area contributed by atoms with Gasteiger partial charge < -0.3 is 4.90 Å². The number of nitrogens with zero attached hydrogens (tertiary/aromatic N) is 4. The summed E-state index contributed by atoms with van der Waals surface area (Å²) >= 11 is 0. The Bertz CT molecular complexity index is 1020. The van der Waals surface area contributed by atoms with E-state index in [4.69, 9.17) is 0 Å². The SMILES string of the molecule is CCN(CC)c1ccc(/C=N\NC(=O)c2cccc(Cn3nc(C)cc3C)c2)cc1. The molecule has 1 aromatic heterocycles. The molecule has 0 bridgehead atoms. The van der Waals surface area contributed by atoms with Gasteiger partial charge in [0.25, 0.3) is 5.91 Å². The van der Waals surface area contributed by atoms with E-state index in [0.29, 0.717) is 12.1 Å². The van der Waals surface area contributed by atoms with E-state index in [0.717, 1.165) is 35.6 Å². The smallest absolute Gasteiger partial charge is 0.271 e. The highest BCUT2D eigenvalue weighted by Gasteiger charge is 2.07. The van der Waals surface area contributed by atoms with Crippen molar-refractivity contribution in [2.24, 2.45) is 5.10 Å². The van der Waals surface area contributed by atoms with Crippen LogP contribution in [0.3, 0.4) is 0 Å². The third-order valence-electron chi connectivity index (χ3n) is 5.03. The Morgan fingerprint density at radius 1 is 1.10 bits per heavy atom. The largest absolute Gasteiger partial charge is 0.372 e. The first-order valence-electron chi connectivity index (χ1n) is 10.3. The number of aromatic nitrogens is 2. The molecule has 3 rings (SSSR count). The van der Waals surface area contributed by atoms with Gasteiger partial charge in [-0.15, -0.1) is 0 Å². The molecule has 30 heavy (non-hydrogen) atoms. The molecule has 0 unspecified atom stereocenters. The van der Waals surface area contributed by atoms with Gasteiger partial charge >= 0.3 is 0 Å². The molecular formula is C24H29N5O. The fourth-order valence-corrected chi connectivity index (χ4v) is 3.41. The van der Waals surface area contributed by atoms with Crippen LogP contribution in [0.15, 0.2) is 59.7 Å². The van der Waals surface area contributed by atoms with Crippen molar-refractivity contribution in [2.45, 2.75) is 34.2 Å². The van der Waals surface area contributed by atoms with E-state index in [2.05, 4.69) is 46.5 Å². The van der Waals surface area contributed by atoms with Crippen LogP contribution in [-0.2, 0) is 6.54 Å². The van der Waals surface area contributed by atoms with Crippen LogP contribution in [0.25, 0.3) is 0 Å². The minimum atomic E-state index is -0.235. The van der Waals surface area contributed by atoms with Crippen LogP contribution in [-0.4, -0.2) is 35.0 Å². The number of hydrogen-bond donors (Lipinski definition) is 1. The fraction of sp³-hybridized carbons (Fsp3) is 0.292. The molecule has 1 amide bonds. The highest BCUT2D eigenvalue weighted by atomic mass is 16.2. The van der Waals surface area contributed by atoms with Crippen LogP contribution in [0.5, 0.6) is 0 Å². The van der Waals surface area contributed by atoms with Crippen molar-refractivity contribution in [2.75, 3.05) is 18.0 Å². The van der Waals surface area contributed by atoms with Crippen molar-refractivity contribution in [1.29, 1.82) is 0 Å². The molecule has 0 spiro atoms. The van der Waals surface area contributed by atoms with Crippen LogP contribution in [0.1, 0.15) is 46.7 Å². The Morgan fingerprint density at radius 3 is 2.47 bits per heavy atom. The quantitative estimate of drug-likeness (QED) is 0.454. The predicted octanol–water partition coefficient (Wildman–Crippen LogP) is 4.16. The van der Waals surface area contributed by atoms with Crippen LogP contribution >= 0.6 is 0 Å². The second kappa shape index (κ2) is 9.87. The average molecular weight is 404 g/mol. The Kier molecular flexibility index (Phi) is 7.01. The number of nitrogens with one attached hydrogen (secondary N) is 1. The lowest BCUT2D eigenvalue weighted by Crippen LogP contribution is -2.21. The van der Waals surface area contributed by atoms with Crippen molar-refractivity contribution in [3.05, 3.63) is 82.7 Å². The summed E-state index contributed by atoms with van der Waals surface area (Å²) in [7, 11) is 0. The summed E-state index contributed by atoms with van der Waals surface area (Å²) < 4.78 is 1.94. The maximum absolute atomic E-state index is 12.5. The lowest BCUT2D eigenvalue weighted by Gasteiger charge is -2.20. The Hall–Kier alpha value is -3.41. The van der Waals surface area contributed by atoms with Gasteiger partial charge in [0.2, 0.25) is 0 Å². The number of carbonyl (C=O) groups excluding carboxylic acids is 1. The topological polar surface area (TPSA) is 62.5 Å². The summed E-state index contributed by atoms with van der Waals surface area (Å²) in [5, 5.41) is 8.59. The predicted molar refractivity (Wildman–Crippen MR) is 122 cm³/mol. The van der Waals surface area contributed by atoms with Gasteiger partial charge in [-0.1, -0.05) is 24.3 Å². The van der Waals surface area contributed by atoms with E-state index in [1.807, 2.05) is 54.9 Å². The number of aryl methyl sites for hydroxylation is 2. The van der Waals surface area contributed by atoms with Crippen LogP contribution in [0.2, 0.25) is 0 Å². The Balaban J connectivity index is 1.61. The normalized spacial score (nSPS) is 11.1. The van der Waals surface area contributed by atoms with Gasteiger partial charge in [0.1, 0.15) is 0 Å². The van der Waals surface area contributed by atoms with Gasteiger partial charge in [-0.2, -0.15) is 10.2 Å². The molecule has 3 aromatic rings. The molecule has 2 aromatic carbocycles. The van der Waals surface area contributed by atoms with Crippen LogP contribution in [0.4, 0.5) is 5.69 Å². The molecule has 156 valence electrons. The first kappa shape index (κ1) is 21.3. The fourth-order valence-electron chi connectivity index (χ4n) is 3.41. The second-order valence-electron chi connectivity index (χ2n) is 7.25. The van der Waals surface area contributed by atoms with Gasteiger partial charge in [0, 0.05) is 30.0 Å². The highest BCUT2D eigenvalue weighted by Crippen LogP contribution is 2.14. The van der Waals surface area contributed by atoms with Crippen molar-refractivity contribution in [1.82, 2.24) is 15.2 Å². The maximum Gasteiger partial charge on any atom is 0.271 e. The van der Waals surface area contributed by atoms with Gasteiger partial charge in [-0.3, -0.25) is 9.48 Å². The third kappa shape index (κ3) is 5.35. The molecule has 0 saturated heterocycles. The molecule has 0 fully saturated rings. The van der Waals surface area contributed by atoms with E-state index >= 15 is 0 Å². The Labute approximate surface area is 178 Å². The molecule has 6 heteroatoms. The summed E-state index contributed by atoms with van der Waals surface area (Å²) in [4.78, 5) is 14.8. The number of benzene rings is 2. The number of carbonyl (C=O) groups is 1. The van der Waals surface area contributed by atoms with E-state index in [1.165, 1.54) is 5.69 Å². The molecule has 0 radical (unpaired) electrons. The lowest BCUT2D eigenvalue weighted by atomic mass is 10.1. The van der Waals surface area contributed by atoms with Gasteiger partial charge in [-0.05, 0) is 69.2 Å². The molecule has 1 heterocycles. The lowest BCUT2D eigenvalue weighted by molar-refractivity contribution is 0.0955. The van der Waals surface area contributed by atoms with Crippen molar-refractivity contribution < 1.29 is 4.79 Å².